The first-order chi connectivity index (χ1) is 12.9. The van der Waals surface area contributed by atoms with Crippen molar-refractivity contribution in [3.05, 3.63) is 90.8 Å². The number of ether oxygens (including phenoxy) is 1. The van der Waals surface area contributed by atoms with Crippen molar-refractivity contribution in [1.29, 1.82) is 0 Å². The molecule has 0 aromatic heterocycles. The minimum absolute atomic E-state index is 0.405. The van der Waals surface area contributed by atoms with Gasteiger partial charge in [0.1, 0.15) is 12.4 Å². The molecule has 27 heavy (non-hydrogen) atoms. The Morgan fingerprint density at radius 1 is 0.889 bits per heavy atom. The maximum atomic E-state index is 6.20. The molecule has 0 bridgehead atoms. The first-order valence-corrected chi connectivity index (χ1v) is 10.2. The van der Waals surface area contributed by atoms with Crippen molar-refractivity contribution in [2.24, 2.45) is 0 Å². The van der Waals surface area contributed by atoms with E-state index in [9.17, 15) is 0 Å². The van der Waals surface area contributed by atoms with Gasteiger partial charge in [-0.25, -0.2) is 0 Å². The highest BCUT2D eigenvalue weighted by atomic mass is 79.9. The third-order valence-corrected chi connectivity index (χ3v) is 5.70. The first-order valence-electron chi connectivity index (χ1n) is 8.27. The molecular formula is C21H17BrCl3NO. The summed E-state index contributed by atoms with van der Waals surface area (Å²) in [6, 6.07) is 17.3. The molecule has 3 aromatic rings. The highest BCUT2D eigenvalue weighted by Crippen LogP contribution is 2.28. The van der Waals surface area contributed by atoms with Gasteiger partial charge in [-0.15, -0.1) is 0 Å². The van der Waals surface area contributed by atoms with Crippen LogP contribution >= 0.6 is 50.7 Å². The Bertz CT molecular complexity index is 962. The van der Waals surface area contributed by atoms with Gasteiger partial charge >= 0.3 is 0 Å². The smallest absolute Gasteiger partial charge is 0.124 e. The Morgan fingerprint density at radius 3 is 2.44 bits per heavy atom. The summed E-state index contributed by atoms with van der Waals surface area (Å²) in [5.74, 6) is 0.801. The van der Waals surface area contributed by atoms with Crippen molar-refractivity contribution in [2.45, 2.75) is 20.1 Å². The van der Waals surface area contributed by atoms with Crippen molar-refractivity contribution < 1.29 is 4.74 Å². The Balaban J connectivity index is 1.72. The van der Waals surface area contributed by atoms with E-state index in [1.165, 1.54) is 0 Å². The lowest BCUT2D eigenvalue weighted by Crippen LogP contribution is -2.04. The van der Waals surface area contributed by atoms with Crippen LogP contribution in [0.2, 0.25) is 15.1 Å². The molecule has 0 heterocycles. The van der Waals surface area contributed by atoms with Crippen LogP contribution < -0.4 is 10.1 Å². The number of nitrogens with one attached hydrogen (secondary N) is 1. The van der Waals surface area contributed by atoms with Gasteiger partial charge in [-0.2, -0.15) is 0 Å². The molecule has 0 radical (unpaired) electrons. The van der Waals surface area contributed by atoms with E-state index in [1.54, 1.807) is 6.07 Å². The van der Waals surface area contributed by atoms with E-state index in [4.69, 9.17) is 39.5 Å². The van der Waals surface area contributed by atoms with E-state index >= 15 is 0 Å². The van der Waals surface area contributed by atoms with Crippen molar-refractivity contribution in [2.75, 3.05) is 5.32 Å². The second kappa shape index (κ2) is 9.20. The van der Waals surface area contributed by atoms with E-state index in [2.05, 4.69) is 21.2 Å². The fourth-order valence-corrected chi connectivity index (χ4v) is 3.43. The number of hydrogen-bond acceptors (Lipinski definition) is 2. The molecule has 0 spiro atoms. The van der Waals surface area contributed by atoms with E-state index in [1.807, 2.05) is 55.5 Å². The molecule has 0 aliphatic heterocycles. The summed E-state index contributed by atoms with van der Waals surface area (Å²) in [6.45, 7) is 2.99. The number of hydrogen-bond donors (Lipinski definition) is 1. The van der Waals surface area contributed by atoms with Crippen molar-refractivity contribution in [3.63, 3.8) is 0 Å². The van der Waals surface area contributed by atoms with Crippen LogP contribution in [0.15, 0.2) is 59.1 Å². The summed E-state index contributed by atoms with van der Waals surface area (Å²) in [5.41, 5.74) is 3.99. The SMILES string of the molecule is Cc1ccc(NCc2cc(Br)ccc2OCc2ccc(Cl)c(Cl)c2)cc1Cl. The van der Waals surface area contributed by atoms with E-state index < -0.39 is 0 Å². The molecule has 0 fully saturated rings. The van der Waals surface area contributed by atoms with Gasteiger partial charge in [0.05, 0.1) is 10.0 Å². The summed E-state index contributed by atoms with van der Waals surface area (Å²) in [5, 5.41) is 5.18. The molecule has 0 aliphatic carbocycles. The van der Waals surface area contributed by atoms with Gasteiger partial charge in [0, 0.05) is 27.3 Å². The average Bonchev–Trinajstić information content (AvgIpc) is 2.64. The summed E-state index contributed by atoms with van der Waals surface area (Å²) in [4.78, 5) is 0. The third kappa shape index (κ3) is 5.55. The highest BCUT2D eigenvalue weighted by molar-refractivity contribution is 9.10. The van der Waals surface area contributed by atoms with Gasteiger partial charge in [0.2, 0.25) is 0 Å². The highest BCUT2D eigenvalue weighted by Gasteiger charge is 2.07. The number of rotatable bonds is 6. The predicted molar refractivity (Wildman–Crippen MR) is 118 cm³/mol. The van der Waals surface area contributed by atoms with Crippen LogP contribution in [0.1, 0.15) is 16.7 Å². The number of aryl methyl sites for hydroxylation is 1. The van der Waals surface area contributed by atoms with Gasteiger partial charge in [0.15, 0.2) is 0 Å². The zero-order valence-corrected chi connectivity index (χ0v) is 18.4. The Kier molecular flexibility index (Phi) is 6.93. The third-order valence-electron chi connectivity index (χ3n) is 4.06. The van der Waals surface area contributed by atoms with Crippen LogP contribution in [0.4, 0.5) is 5.69 Å². The van der Waals surface area contributed by atoms with Gasteiger partial charge < -0.3 is 10.1 Å². The van der Waals surface area contributed by atoms with Gasteiger partial charge in [-0.1, -0.05) is 62.9 Å². The van der Waals surface area contributed by atoms with Crippen LogP contribution in [-0.2, 0) is 13.2 Å². The average molecular weight is 486 g/mol. The number of halogens is 4. The Morgan fingerprint density at radius 2 is 1.70 bits per heavy atom. The minimum atomic E-state index is 0.405. The molecule has 0 saturated heterocycles. The van der Waals surface area contributed by atoms with Crippen molar-refractivity contribution in [3.8, 4) is 5.75 Å². The van der Waals surface area contributed by atoms with E-state index in [-0.39, 0.29) is 0 Å². The molecule has 0 aliphatic rings. The summed E-state index contributed by atoms with van der Waals surface area (Å²) in [6.07, 6.45) is 0. The number of benzene rings is 3. The summed E-state index contributed by atoms with van der Waals surface area (Å²) < 4.78 is 7.00. The quantitative estimate of drug-likeness (QED) is 0.383. The minimum Gasteiger partial charge on any atom is -0.489 e. The Hall–Kier alpha value is -1.39. The predicted octanol–water partition coefficient (Wildman–Crippen LogP) is 7.91. The van der Waals surface area contributed by atoms with Crippen LogP contribution in [0.25, 0.3) is 0 Å². The molecule has 6 heteroatoms. The van der Waals surface area contributed by atoms with Gasteiger partial charge in [-0.05, 0) is 60.5 Å². The Labute approximate surface area is 182 Å². The van der Waals surface area contributed by atoms with Crippen molar-refractivity contribution >= 4 is 56.4 Å². The van der Waals surface area contributed by atoms with Crippen LogP contribution in [0.3, 0.4) is 0 Å². The molecule has 0 unspecified atom stereocenters. The monoisotopic (exact) mass is 483 g/mol. The lowest BCUT2D eigenvalue weighted by Gasteiger charge is -2.14. The normalized spacial score (nSPS) is 10.7. The zero-order valence-electron chi connectivity index (χ0n) is 14.5. The molecule has 140 valence electrons. The van der Waals surface area contributed by atoms with E-state index in [0.29, 0.717) is 23.2 Å². The fourth-order valence-electron chi connectivity index (χ4n) is 2.52. The fraction of sp³-hybridized carbons (Fsp3) is 0.143. The molecule has 0 amide bonds. The van der Waals surface area contributed by atoms with Gasteiger partial charge in [0.25, 0.3) is 0 Å². The molecule has 1 N–H and O–H groups in total. The second-order valence-electron chi connectivity index (χ2n) is 6.11. The van der Waals surface area contributed by atoms with Gasteiger partial charge in [-0.3, -0.25) is 0 Å². The van der Waals surface area contributed by atoms with Crippen LogP contribution in [-0.4, -0.2) is 0 Å². The first kappa shape index (κ1) is 20.3. The standard InChI is InChI=1S/C21H17BrCl3NO/c1-13-2-5-17(10-19(13)24)26-11-15-9-16(22)4-7-21(15)27-12-14-3-6-18(23)20(25)8-14/h2-10,26H,11-12H2,1H3. The molecule has 0 atom stereocenters. The largest absolute Gasteiger partial charge is 0.489 e. The number of anilines is 1. The summed E-state index contributed by atoms with van der Waals surface area (Å²) in [7, 11) is 0. The molecular weight excluding hydrogens is 469 g/mol. The lowest BCUT2D eigenvalue weighted by atomic mass is 10.1. The van der Waals surface area contributed by atoms with Crippen LogP contribution in [0.5, 0.6) is 5.75 Å². The molecule has 0 saturated carbocycles. The van der Waals surface area contributed by atoms with Crippen molar-refractivity contribution in [1.82, 2.24) is 0 Å². The molecule has 3 rings (SSSR count). The second-order valence-corrected chi connectivity index (χ2v) is 8.24. The van der Waals surface area contributed by atoms with Crippen LogP contribution in [0, 0.1) is 6.92 Å². The lowest BCUT2D eigenvalue weighted by molar-refractivity contribution is 0.303. The summed E-state index contributed by atoms with van der Waals surface area (Å²) >= 11 is 21.8. The molecule has 2 nitrogen and oxygen atoms in total. The zero-order chi connectivity index (χ0) is 19.4. The molecule has 3 aromatic carbocycles. The maximum absolute atomic E-state index is 6.20. The maximum Gasteiger partial charge on any atom is 0.124 e. The van der Waals surface area contributed by atoms with E-state index in [0.717, 1.165) is 37.6 Å². The topological polar surface area (TPSA) is 21.3 Å².